The van der Waals surface area contributed by atoms with Crippen LogP contribution in [0.5, 0.6) is 0 Å². The van der Waals surface area contributed by atoms with Crippen LogP contribution >= 0.6 is 36.2 Å². The molecule has 0 aliphatic carbocycles. The molecule has 4 nitrogen and oxygen atoms in total. The zero-order valence-electron chi connectivity index (χ0n) is 12.8. The van der Waals surface area contributed by atoms with Gasteiger partial charge in [-0.25, -0.2) is 4.98 Å². The fraction of sp³-hybridized carbons (Fsp3) is 0.714. The molecule has 2 rings (SSSR count). The van der Waals surface area contributed by atoms with Crippen molar-refractivity contribution in [3.63, 3.8) is 0 Å². The van der Waals surface area contributed by atoms with Crippen molar-refractivity contribution in [2.24, 2.45) is 0 Å². The highest BCUT2D eigenvalue weighted by molar-refractivity contribution is 7.13. The molecule has 7 heteroatoms. The van der Waals surface area contributed by atoms with E-state index in [0.29, 0.717) is 6.04 Å². The predicted octanol–water partition coefficient (Wildman–Crippen LogP) is 3.07. The number of hydrogen-bond donors (Lipinski definition) is 1. The van der Waals surface area contributed by atoms with Gasteiger partial charge in [0, 0.05) is 19.1 Å². The molecule has 1 fully saturated rings. The van der Waals surface area contributed by atoms with Crippen LogP contribution in [0.3, 0.4) is 0 Å². The van der Waals surface area contributed by atoms with Crippen molar-refractivity contribution in [3.8, 4) is 0 Å². The second-order valence-electron chi connectivity index (χ2n) is 5.12. The number of halogens is 2. The Balaban J connectivity index is 0.00000200. The third-order valence-corrected chi connectivity index (χ3v) is 4.78. The van der Waals surface area contributed by atoms with E-state index in [9.17, 15) is 4.79 Å². The SMILES string of the molecule is CCCc1nc(C)c(C(=O)N2CCCC2CNC)s1.Cl.Cl. The van der Waals surface area contributed by atoms with E-state index < -0.39 is 0 Å². The Bertz CT molecular complexity index is 453. The molecule has 1 atom stereocenters. The maximum Gasteiger partial charge on any atom is 0.266 e. The van der Waals surface area contributed by atoms with Crippen molar-refractivity contribution in [2.45, 2.75) is 45.6 Å². The van der Waals surface area contributed by atoms with Gasteiger partial charge >= 0.3 is 0 Å². The van der Waals surface area contributed by atoms with Crippen molar-refractivity contribution in [2.75, 3.05) is 20.1 Å². The number of nitrogens with one attached hydrogen (secondary N) is 1. The van der Waals surface area contributed by atoms with E-state index >= 15 is 0 Å². The summed E-state index contributed by atoms with van der Waals surface area (Å²) in [4.78, 5) is 20.0. The Kier molecular flexibility index (Phi) is 9.45. The number of hydrogen-bond acceptors (Lipinski definition) is 4. The summed E-state index contributed by atoms with van der Waals surface area (Å²) in [5, 5.41) is 4.27. The number of carbonyl (C=O) groups excluding carboxylic acids is 1. The minimum absolute atomic E-state index is 0. The third kappa shape index (κ3) is 4.81. The summed E-state index contributed by atoms with van der Waals surface area (Å²) >= 11 is 1.58. The van der Waals surface area contributed by atoms with Gasteiger partial charge in [0.2, 0.25) is 0 Å². The average Bonchev–Trinajstić information content (AvgIpc) is 2.97. The lowest BCUT2D eigenvalue weighted by atomic mass is 10.2. The van der Waals surface area contributed by atoms with Crippen molar-refractivity contribution in [1.29, 1.82) is 0 Å². The molecule has 1 saturated heterocycles. The first-order valence-corrected chi connectivity index (χ1v) is 7.90. The summed E-state index contributed by atoms with van der Waals surface area (Å²) in [6.07, 6.45) is 4.26. The first kappa shape index (κ1) is 20.6. The number of nitrogens with zero attached hydrogens (tertiary/aromatic N) is 2. The van der Waals surface area contributed by atoms with Gasteiger partial charge in [-0.3, -0.25) is 4.79 Å². The molecular weight excluding hydrogens is 329 g/mol. The van der Waals surface area contributed by atoms with Crippen LogP contribution < -0.4 is 5.32 Å². The smallest absolute Gasteiger partial charge is 0.266 e. The summed E-state index contributed by atoms with van der Waals surface area (Å²) in [5.74, 6) is 0.176. The number of thiazole rings is 1. The van der Waals surface area contributed by atoms with Gasteiger partial charge in [0.25, 0.3) is 5.91 Å². The van der Waals surface area contributed by atoms with Gasteiger partial charge in [-0.1, -0.05) is 6.92 Å². The normalized spacial score (nSPS) is 17.3. The number of aryl methyl sites for hydroxylation is 2. The zero-order chi connectivity index (χ0) is 13.8. The van der Waals surface area contributed by atoms with Crippen molar-refractivity contribution >= 4 is 42.1 Å². The lowest BCUT2D eigenvalue weighted by molar-refractivity contribution is 0.0741. The summed E-state index contributed by atoms with van der Waals surface area (Å²) in [7, 11) is 1.94. The van der Waals surface area contributed by atoms with Crippen LogP contribution in [0.4, 0.5) is 0 Å². The highest BCUT2D eigenvalue weighted by Crippen LogP contribution is 2.25. The molecular formula is C14H25Cl2N3OS. The van der Waals surface area contributed by atoms with Crippen LogP contribution in [0, 0.1) is 6.92 Å². The van der Waals surface area contributed by atoms with Crippen LogP contribution in [-0.4, -0.2) is 42.0 Å². The van der Waals surface area contributed by atoms with E-state index in [4.69, 9.17) is 0 Å². The lowest BCUT2D eigenvalue weighted by Crippen LogP contribution is -2.40. The minimum atomic E-state index is 0. The molecule has 1 aromatic heterocycles. The van der Waals surface area contributed by atoms with Gasteiger partial charge in [0.15, 0.2) is 0 Å². The number of rotatable bonds is 5. The average molecular weight is 354 g/mol. The molecule has 21 heavy (non-hydrogen) atoms. The van der Waals surface area contributed by atoms with Crippen LogP contribution in [0.15, 0.2) is 0 Å². The standard InChI is InChI=1S/C14H23N3OS.2ClH/c1-4-6-12-16-10(2)13(19-12)14(18)17-8-5-7-11(17)9-15-3;;/h11,15H,4-9H2,1-3H3;2*1H. The minimum Gasteiger partial charge on any atom is -0.334 e. The van der Waals surface area contributed by atoms with Crippen LogP contribution in [0.2, 0.25) is 0 Å². The van der Waals surface area contributed by atoms with Gasteiger partial charge in [0.05, 0.1) is 10.7 Å². The molecule has 0 saturated carbocycles. The molecule has 1 N–H and O–H groups in total. The van der Waals surface area contributed by atoms with Gasteiger partial charge in [-0.05, 0) is 39.7 Å². The molecule has 122 valence electrons. The van der Waals surface area contributed by atoms with E-state index in [1.54, 1.807) is 11.3 Å². The molecule has 2 heterocycles. The number of aromatic nitrogens is 1. The van der Waals surface area contributed by atoms with E-state index in [1.165, 1.54) is 0 Å². The quantitative estimate of drug-likeness (QED) is 0.884. The number of carbonyl (C=O) groups is 1. The number of likely N-dealkylation sites (tertiary alicyclic amines) is 1. The predicted molar refractivity (Wildman–Crippen MR) is 93.3 cm³/mol. The Morgan fingerprint density at radius 3 is 2.81 bits per heavy atom. The highest BCUT2D eigenvalue weighted by Gasteiger charge is 2.30. The van der Waals surface area contributed by atoms with E-state index in [2.05, 4.69) is 17.2 Å². The molecule has 1 aromatic rings. The Morgan fingerprint density at radius 1 is 1.48 bits per heavy atom. The molecule has 0 bridgehead atoms. The topological polar surface area (TPSA) is 45.2 Å². The monoisotopic (exact) mass is 353 g/mol. The fourth-order valence-electron chi connectivity index (χ4n) is 2.65. The second-order valence-corrected chi connectivity index (χ2v) is 6.21. The van der Waals surface area contributed by atoms with Crippen LogP contribution in [0.25, 0.3) is 0 Å². The van der Waals surface area contributed by atoms with Gasteiger partial charge in [-0.15, -0.1) is 36.2 Å². The Morgan fingerprint density at radius 2 is 2.19 bits per heavy atom. The molecule has 1 amide bonds. The first-order chi connectivity index (χ1) is 9.17. The number of likely N-dealkylation sites (N-methyl/N-ethyl adjacent to an activating group) is 1. The van der Waals surface area contributed by atoms with Crippen LogP contribution in [-0.2, 0) is 6.42 Å². The van der Waals surface area contributed by atoms with Gasteiger partial charge in [0.1, 0.15) is 4.88 Å². The van der Waals surface area contributed by atoms with Gasteiger partial charge in [-0.2, -0.15) is 0 Å². The maximum atomic E-state index is 12.6. The highest BCUT2D eigenvalue weighted by atomic mass is 35.5. The molecule has 0 spiro atoms. The molecule has 1 unspecified atom stereocenters. The van der Waals surface area contributed by atoms with Crippen molar-refractivity contribution in [3.05, 3.63) is 15.6 Å². The first-order valence-electron chi connectivity index (χ1n) is 7.09. The van der Waals surface area contributed by atoms with Crippen LogP contribution in [0.1, 0.15) is 46.6 Å². The largest absolute Gasteiger partial charge is 0.334 e. The zero-order valence-corrected chi connectivity index (χ0v) is 15.3. The Labute approximate surface area is 143 Å². The summed E-state index contributed by atoms with van der Waals surface area (Å²) in [6.45, 7) is 5.85. The summed E-state index contributed by atoms with van der Waals surface area (Å²) in [6, 6.07) is 0.341. The molecule has 0 aromatic carbocycles. The Hall–Kier alpha value is -0.360. The fourth-order valence-corrected chi connectivity index (χ4v) is 3.78. The van der Waals surface area contributed by atoms with E-state index in [1.807, 2.05) is 18.9 Å². The second kappa shape index (κ2) is 9.62. The summed E-state index contributed by atoms with van der Waals surface area (Å²) < 4.78 is 0. The lowest BCUT2D eigenvalue weighted by Gasteiger charge is -2.24. The number of amides is 1. The summed E-state index contributed by atoms with van der Waals surface area (Å²) in [5.41, 5.74) is 0.897. The van der Waals surface area contributed by atoms with Crippen molar-refractivity contribution < 1.29 is 4.79 Å². The molecule has 0 radical (unpaired) electrons. The maximum absolute atomic E-state index is 12.6. The molecule has 1 aliphatic rings. The van der Waals surface area contributed by atoms with Gasteiger partial charge < -0.3 is 10.2 Å². The van der Waals surface area contributed by atoms with E-state index in [-0.39, 0.29) is 30.7 Å². The van der Waals surface area contributed by atoms with E-state index in [0.717, 1.165) is 54.4 Å². The molecule has 1 aliphatic heterocycles. The third-order valence-electron chi connectivity index (χ3n) is 3.58. The van der Waals surface area contributed by atoms with Crippen molar-refractivity contribution in [1.82, 2.24) is 15.2 Å².